The molecule has 1 heterocycles. The van der Waals surface area contributed by atoms with Crippen LogP contribution in [0.25, 0.3) is 22.6 Å². The third-order valence-electron chi connectivity index (χ3n) is 3.84. The smallest absolute Gasteiger partial charge is 0.227 e. The molecular formula is C19H18Cl2N2O2. The quantitative estimate of drug-likeness (QED) is 0.512. The summed E-state index contributed by atoms with van der Waals surface area (Å²) in [6.45, 7) is 2.10. The number of aromatic nitrogens is 1. The molecule has 1 N–H and O–H groups in total. The molecule has 0 atom stereocenters. The van der Waals surface area contributed by atoms with E-state index in [1.807, 2.05) is 0 Å². The molecule has 2 aromatic carbocycles. The Kier molecular flexibility index (Phi) is 5.61. The highest BCUT2D eigenvalue weighted by Crippen LogP contribution is 2.31. The third-order valence-corrected chi connectivity index (χ3v) is 4.41. The minimum atomic E-state index is -0.0446. The van der Waals surface area contributed by atoms with Crippen LogP contribution >= 0.6 is 23.2 Å². The van der Waals surface area contributed by atoms with E-state index in [1.165, 1.54) is 0 Å². The van der Waals surface area contributed by atoms with E-state index in [0.29, 0.717) is 39.1 Å². The monoisotopic (exact) mass is 376 g/mol. The van der Waals surface area contributed by atoms with Crippen LogP contribution in [0, 0.1) is 0 Å². The van der Waals surface area contributed by atoms with Gasteiger partial charge in [-0.2, -0.15) is 0 Å². The summed E-state index contributed by atoms with van der Waals surface area (Å²) in [6, 6.07) is 10.6. The standard InChI is InChI=1S/C19H18Cl2N2O2/c1-2-3-4-5-18(24)22-15-10-12(6-8-14(15)21)19-23-16-11-13(20)7-9-17(16)25-19/h6-11H,2-5H2,1H3,(H,22,24). The minimum Gasteiger partial charge on any atom is -0.436 e. The summed E-state index contributed by atoms with van der Waals surface area (Å²) >= 11 is 12.2. The lowest BCUT2D eigenvalue weighted by Gasteiger charge is -2.08. The van der Waals surface area contributed by atoms with Gasteiger partial charge in [-0.05, 0) is 42.8 Å². The van der Waals surface area contributed by atoms with Crippen molar-refractivity contribution in [3.8, 4) is 11.5 Å². The number of halogens is 2. The number of nitrogens with one attached hydrogen (secondary N) is 1. The van der Waals surface area contributed by atoms with E-state index in [1.54, 1.807) is 36.4 Å². The van der Waals surface area contributed by atoms with Gasteiger partial charge in [0.2, 0.25) is 11.8 Å². The zero-order valence-electron chi connectivity index (χ0n) is 13.8. The van der Waals surface area contributed by atoms with E-state index in [2.05, 4.69) is 17.2 Å². The molecule has 4 nitrogen and oxygen atoms in total. The fourth-order valence-electron chi connectivity index (χ4n) is 2.53. The minimum absolute atomic E-state index is 0.0446. The molecule has 1 aromatic heterocycles. The molecule has 0 saturated carbocycles. The predicted octanol–water partition coefficient (Wildman–Crippen LogP) is 6.32. The first-order valence-corrected chi connectivity index (χ1v) is 8.98. The summed E-state index contributed by atoms with van der Waals surface area (Å²) in [4.78, 5) is 16.5. The van der Waals surface area contributed by atoms with Crippen LogP contribution in [0.1, 0.15) is 32.6 Å². The van der Waals surface area contributed by atoms with Crippen LogP contribution in [0.2, 0.25) is 10.0 Å². The van der Waals surface area contributed by atoms with Crippen molar-refractivity contribution in [3.63, 3.8) is 0 Å². The highest BCUT2D eigenvalue weighted by molar-refractivity contribution is 6.33. The summed E-state index contributed by atoms with van der Waals surface area (Å²) in [7, 11) is 0. The Hall–Kier alpha value is -2.04. The Balaban J connectivity index is 1.83. The van der Waals surface area contributed by atoms with Gasteiger partial charge in [0.1, 0.15) is 5.52 Å². The maximum atomic E-state index is 12.0. The largest absolute Gasteiger partial charge is 0.436 e. The van der Waals surface area contributed by atoms with Gasteiger partial charge in [-0.3, -0.25) is 4.79 Å². The van der Waals surface area contributed by atoms with Crippen LogP contribution in [0.15, 0.2) is 40.8 Å². The Morgan fingerprint density at radius 2 is 2.00 bits per heavy atom. The molecule has 0 aliphatic heterocycles. The normalized spacial score (nSPS) is 11.0. The molecule has 3 rings (SSSR count). The number of fused-ring (bicyclic) bond motifs is 1. The summed E-state index contributed by atoms with van der Waals surface area (Å²) in [5.41, 5.74) is 2.63. The van der Waals surface area contributed by atoms with Crippen LogP contribution in [-0.4, -0.2) is 10.9 Å². The van der Waals surface area contributed by atoms with Crippen molar-refractivity contribution in [3.05, 3.63) is 46.4 Å². The molecule has 3 aromatic rings. The molecule has 0 bridgehead atoms. The first kappa shape index (κ1) is 17.8. The number of unbranched alkanes of at least 4 members (excludes halogenated alkanes) is 2. The number of hydrogen-bond acceptors (Lipinski definition) is 3. The number of benzene rings is 2. The first-order valence-electron chi connectivity index (χ1n) is 8.22. The molecule has 0 fully saturated rings. The fraction of sp³-hybridized carbons (Fsp3) is 0.263. The van der Waals surface area contributed by atoms with E-state index in [0.717, 1.165) is 24.8 Å². The van der Waals surface area contributed by atoms with Gasteiger partial charge >= 0.3 is 0 Å². The molecule has 0 unspecified atom stereocenters. The van der Waals surface area contributed by atoms with E-state index in [4.69, 9.17) is 27.6 Å². The topological polar surface area (TPSA) is 55.1 Å². The van der Waals surface area contributed by atoms with Crippen molar-refractivity contribution in [1.82, 2.24) is 4.98 Å². The van der Waals surface area contributed by atoms with E-state index >= 15 is 0 Å². The summed E-state index contributed by atoms with van der Waals surface area (Å²) < 4.78 is 5.76. The lowest BCUT2D eigenvalue weighted by molar-refractivity contribution is -0.116. The molecule has 0 radical (unpaired) electrons. The lowest BCUT2D eigenvalue weighted by atomic mass is 10.1. The number of carbonyl (C=O) groups excluding carboxylic acids is 1. The molecular weight excluding hydrogens is 359 g/mol. The average Bonchev–Trinajstić information content (AvgIpc) is 3.00. The molecule has 0 saturated heterocycles. The van der Waals surface area contributed by atoms with Crippen LogP contribution < -0.4 is 5.32 Å². The molecule has 6 heteroatoms. The van der Waals surface area contributed by atoms with Crippen molar-refractivity contribution in [2.45, 2.75) is 32.6 Å². The van der Waals surface area contributed by atoms with Crippen molar-refractivity contribution < 1.29 is 9.21 Å². The van der Waals surface area contributed by atoms with Gasteiger partial charge < -0.3 is 9.73 Å². The van der Waals surface area contributed by atoms with E-state index in [9.17, 15) is 4.79 Å². The van der Waals surface area contributed by atoms with Crippen LogP contribution in [0.5, 0.6) is 0 Å². The summed E-state index contributed by atoms with van der Waals surface area (Å²) in [5, 5.41) is 3.94. The van der Waals surface area contributed by atoms with E-state index < -0.39 is 0 Å². The van der Waals surface area contributed by atoms with Crippen LogP contribution in [0.4, 0.5) is 5.69 Å². The maximum absolute atomic E-state index is 12.0. The Morgan fingerprint density at radius 3 is 2.80 bits per heavy atom. The van der Waals surface area contributed by atoms with Crippen LogP contribution in [0.3, 0.4) is 0 Å². The number of hydrogen-bond donors (Lipinski definition) is 1. The van der Waals surface area contributed by atoms with Gasteiger partial charge in [0, 0.05) is 17.0 Å². The van der Waals surface area contributed by atoms with Crippen molar-refractivity contribution >= 4 is 45.9 Å². The zero-order valence-corrected chi connectivity index (χ0v) is 15.3. The van der Waals surface area contributed by atoms with Gasteiger partial charge in [0.05, 0.1) is 10.7 Å². The van der Waals surface area contributed by atoms with Crippen molar-refractivity contribution in [2.24, 2.45) is 0 Å². The second kappa shape index (κ2) is 7.89. The lowest BCUT2D eigenvalue weighted by Crippen LogP contribution is -2.11. The highest BCUT2D eigenvalue weighted by Gasteiger charge is 2.12. The Bertz CT molecular complexity index is 906. The number of nitrogens with zero attached hydrogens (tertiary/aromatic N) is 1. The number of carbonyl (C=O) groups is 1. The number of anilines is 1. The van der Waals surface area contributed by atoms with Crippen molar-refractivity contribution in [2.75, 3.05) is 5.32 Å². The fourth-order valence-corrected chi connectivity index (χ4v) is 2.86. The summed E-state index contributed by atoms with van der Waals surface area (Å²) in [5.74, 6) is 0.410. The molecule has 0 aliphatic carbocycles. The van der Waals surface area contributed by atoms with Crippen LogP contribution in [-0.2, 0) is 4.79 Å². The highest BCUT2D eigenvalue weighted by atomic mass is 35.5. The van der Waals surface area contributed by atoms with Gasteiger partial charge in [-0.1, -0.05) is 43.0 Å². The predicted molar refractivity (Wildman–Crippen MR) is 102 cm³/mol. The Labute approximate surface area is 156 Å². The number of oxazole rings is 1. The average molecular weight is 377 g/mol. The molecule has 0 spiro atoms. The molecule has 25 heavy (non-hydrogen) atoms. The third kappa shape index (κ3) is 4.33. The summed E-state index contributed by atoms with van der Waals surface area (Å²) in [6.07, 6.45) is 3.46. The second-order valence-electron chi connectivity index (χ2n) is 5.83. The maximum Gasteiger partial charge on any atom is 0.227 e. The molecule has 0 aliphatic rings. The van der Waals surface area contributed by atoms with Gasteiger partial charge in [0.15, 0.2) is 5.58 Å². The Morgan fingerprint density at radius 1 is 1.16 bits per heavy atom. The number of amides is 1. The van der Waals surface area contributed by atoms with Gasteiger partial charge in [-0.15, -0.1) is 0 Å². The van der Waals surface area contributed by atoms with Gasteiger partial charge in [-0.25, -0.2) is 4.98 Å². The van der Waals surface area contributed by atoms with Gasteiger partial charge in [0.25, 0.3) is 0 Å². The SMILES string of the molecule is CCCCCC(=O)Nc1cc(-c2nc3cc(Cl)ccc3o2)ccc1Cl. The number of rotatable bonds is 6. The first-order chi connectivity index (χ1) is 12.1. The zero-order chi connectivity index (χ0) is 17.8. The molecule has 130 valence electrons. The van der Waals surface area contributed by atoms with E-state index in [-0.39, 0.29) is 5.91 Å². The second-order valence-corrected chi connectivity index (χ2v) is 6.67. The molecule has 1 amide bonds. The van der Waals surface area contributed by atoms with Crippen molar-refractivity contribution in [1.29, 1.82) is 0 Å².